The van der Waals surface area contributed by atoms with E-state index in [2.05, 4.69) is 166 Å². The van der Waals surface area contributed by atoms with Crippen molar-refractivity contribution < 1.29 is 66.3 Å². The molecule has 0 radical (unpaired) electrons. The summed E-state index contributed by atoms with van der Waals surface area (Å²) in [6.45, 7) is 26.1. The van der Waals surface area contributed by atoms with Gasteiger partial charge in [-0.3, -0.25) is 0 Å². The SMILES string of the molecule is CCCCCCCCOc1cc(COc2cc(CO[C@@H](CN(C)C)[C@H](CN(C)C)OCc3cc(OCc4cc(OCCCCCCCC)cc(OCCCCCCCC)c4)cc(OCc4cc(OCCCCCCCC)cc(OCCCCCCCC)c4)c3)cc(OCc3cc(OCCCCCCCC)cc(OCCCCCCCC)c3)c2)cc(OCCCCCCCC)c1. The van der Waals surface area contributed by atoms with Crippen LogP contribution in [-0.2, 0) is 49.1 Å². The fourth-order valence-corrected chi connectivity index (χ4v) is 16.2. The van der Waals surface area contributed by atoms with Crippen LogP contribution in [0.1, 0.15) is 397 Å². The lowest BCUT2D eigenvalue weighted by atomic mass is 10.1. The van der Waals surface area contributed by atoms with E-state index in [0.29, 0.717) is 88.9 Å². The summed E-state index contributed by atoms with van der Waals surface area (Å²) in [7, 11) is 8.38. The van der Waals surface area contributed by atoms with Crippen LogP contribution < -0.4 is 56.8 Å². The molecule has 6 rings (SSSR count). The van der Waals surface area contributed by atoms with Crippen LogP contribution in [0.4, 0.5) is 0 Å². The highest BCUT2D eigenvalue weighted by Gasteiger charge is 2.27. The molecule has 130 heavy (non-hydrogen) atoms. The lowest BCUT2D eigenvalue weighted by Crippen LogP contribution is -2.44. The van der Waals surface area contributed by atoms with E-state index in [1.54, 1.807) is 0 Å². The highest BCUT2D eigenvalue weighted by molar-refractivity contribution is 5.45. The fourth-order valence-electron chi connectivity index (χ4n) is 16.2. The van der Waals surface area contributed by atoms with E-state index >= 15 is 0 Å². The molecule has 0 spiro atoms. The van der Waals surface area contributed by atoms with Crippen molar-refractivity contribution in [2.75, 3.05) is 94.1 Å². The van der Waals surface area contributed by atoms with Gasteiger partial charge in [-0.25, -0.2) is 0 Å². The molecule has 0 bridgehead atoms. The van der Waals surface area contributed by atoms with Crippen LogP contribution in [0, 0.1) is 0 Å². The van der Waals surface area contributed by atoms with Gasteiger partial charge in [0.05, 0.1) is 78.3 Å². The van der Waals surface area contributed by atoms with Gasteiger partial charge in [-0.1, -0.05) is 312 Å². The van der Waals surface area contributed by atoms with Gasteiger partial charge in [0.1, 0.15) is 95.4 Å². The third kappa shape index (κ3) is 54.2. The Morgan fingerprint density at radius 1 is 0.162 bits per heavy atom. The van der Waals surface area contributed by atoms with Crippen LogP contribution in [0.5, 0.6) is 69.0 Å². The third-order valence-corrected chi connectivity index (χ3v) is 23.8. The van der Waals surface area contributed by atoms with E-state index in [1.807, 2.05) is 36.4 Å². The Morgan fingerprint density at radius 3 is 0.438 bits per heavy atom. The lowest BCUT2D eigenvalue weighted by Gasteiger charge is -2.31. The summed E-state index contributed by atoms with van der Waals surface area (Å²) in [4.78, 5) is 4.36. The predicted molar refractivity (Wildman–Crippen MR) is 541 cm³/mol. The minimum Gasteiger partial charge on any atom is -0.493 e. The van der Waals surface area contributed by atoms with E-state index in [4.69, 9.17) is 66.3 Å². The molecular weight excluding hydrogens is 1620 g/mol. The van der Waals surface area contributed by atoms with Gasteiger partial charge in [0.15, 0.2) is 0 Å². The second kappa shape index (κ2) is 74.1. The molecule has 2 atom stereocenters. The molecular formula is C114H184N2O14. The Balaban J connectivity index is 1.36. The topological polar surface area (TPSA) is 136 Å². The monoisotopic (exact) mass is 1810 g/mol. The maximum Gasteiger partial charge on any atom is 0.123 e. The van der Waals surface area contributed by atoms with Crippen molar-refractivity contribution in [1.29, 1.82) is 0 Å². The molecule has 0 aromatic heterocycles. The summed E-state index contributed by atoms with van der Waals surface area (Å²) in [5, 5.41) is 0. The Labute approximate surface area is 792 Å². The van der Waals surface area contributed by atoms with Crippen LogP contribution >= 0.6 is 0 Å². The van der Waals surface area contributed by atoms with Crippen molar-refractivity contribution in [3.63, 3.8) is 0 Å². The smallest absolute Gasteiger partial charge is 0.123 e. The standard InChI is InChI=1S/C114H184N2O14/c1-13-21-29-37-45-53-61-117-101-69-95(70-102(81-101)118-62-54-46-38-30-22-14-2)89-125-109-77-99(78-110(85-109)126-90-96-71-103(119-63-55-47-39-31-23-15-3)82-104(72-96)120-64-56-48-40-32-24-16-4)93-129-113(87-115(9)10)114(88-116(11)12)130-94-100-79-111(127-91-97-73-105(121-65-57-49-41-33-25-17-5)83-106(74-97)122-66-58-50-42-34-26-18-6)86-112(80-100)128-92-98-75-107(123-67-59-51-43-35-27-19-7)84-108(76-98)124-68-60-52-44-36-28-20-8/h69-86,113-114H,13-68,87-94H2,1-12H3/t113-,114-/m0/s1. The van der Waals surface area contributed by atoms with Crippen molar-refractivity contribution in [3.8, 4) is 69.0 Å². The van der Waals surface area contributed by atoms with Gasteiger partial charge in [-0.15, -0.1) is 0 Å². The second-order valence-electron chi connectivity index (χ2n) is 37.2. The van der Waals surface area contributed by atoms with Crippen LogP contribution in [0.15, 0.2) is 109 Å². The molecule has 6 aromatic rings. The van der Waals surface area contributed by atoms with E-state index in [1.165, 1.54) is 205 Å². The fraction of sp³-hybridized carbons (Fsp3) is 0.684. The van der Waals surface area contributed by atoms with Crippen molar-refractivity contribution in [2.45, 2.75) is 415 Å². The molecule has 0 aliphatic rings. The van der Waals surface area contributed by atoms with Crippen molar-refractivity contribution in [3.05, 3.63) is 143 Å². The zero-order valence-electron chi connectivity index (χ0n) is 84.4. The van der Waals surface area contributed by atoms with Crippen LogP contribution in [0.3, 0.4) is 0 Å². The van der Waals surface area contributed by atoms with Gasteiger partial charge in [-0.2, -0.15) is 0 Å². The molecule has 734 valence electrons. The lowest BCUT2D eigenvalue weighted by molar-refractivity contribution is -0.0989. The minimum absolute atomic E-state index is 0.241. The normalized spacial score (nSPS) is 12.0. The maximum atomic E-state index is 7.29. The first-order valence-electron chi connectivity index (χ1n) is 52.7. The van der Waals surface area contributed by atoms with Gasteiger partial charge in [-0.05, 0) is 186 Å². The molecule has 0 amide bonds. The van der Waals surface area contributed by atoms with E-state index in [9.17, 15) is 0 Å². The molecule has 16 heteroatoms. The first-order valence-corrected chi connectivity index (χ1v) is 52.7. The molecule has 16 nitrogen and oxygen atoms in total. The van der Waals surface area contributed by atoms with Crippen molar-refractivity contribution in [1.82, 2.24) is 9.80 Å². The molecule has 0 aliphatic carbocycles. The highest BCUT2D eigenvalue weighted by atomic mass is 16.5. The Hall–Kier alpha value is -7.24. The molecule has 0 unspecified atom stereocenters. The summed E-state index contributed by atoms with van der Waals surface area (Å²) in [5.74, 6) is 8.96. The molecule has 0 saturated heterocycles. The summed E-state index contributed by atoms with van der Waals surface area (Å²) < 4.78 is 94.6. The van der Waals surface area contributed by atoms with Gasteiger partial charge in [0.2, 0.25) is 0 Å². The Kier molecular flexibility index (Phi) is 63.6. The largest absolute Gasteiger partial charge is 0.493 e. The van der Waals surface area contributed by atoms with Gasteiger partial charge in [0.25, 0.3) is 0 Å². The van der Waals surface area contributed by atoms with Crippen LogP contribution in [0.2, 0.25) is 0 Å². The number of likely N-dealkylation sites (N-methyl/N-ethyl adjacent to an activating group) is 2. The molecule has 0 saturated carbocycles. The number of ether oxygens (including phenoxy) is 14. The highest BCUT2D eigenvalue weighted by Crippen LogP contribution is 2.35. The quantitative estimate of drug-likeness (QED) is 0.0335. The second-order valence-corrected chi connectivity index (χ2v) is 37.2. The molecule has 0 heterocycles. The van der Waals surface area contributed by atoms with Crippen molar-refractivity contribution >= 4 is 0 Å². The van der Waals surface area contributed by atoms with E-state index < -0.39 is 12.2 Å². The summed E-state index contributed by atoms with van der Waals surface area (Å²) >= 11 is 0. The first kappa shape index (κ1) is 112. The van der Waals surface area contributed by atoms with E-state index in [-0.39, 0.29) is 39.6 Å². The maximum absolute atomic E-state index is 7.29. The molecule has 6 aromatic carbocycles. The minimum atomic E-state index is -0.398. The number of benzene rings is 6. The molecule has 0 aliphatic heterocycles. The molecule has 0 fully saturated rings. The summed E-state index contributed by atoms with van der Waals surface area (Å²) in [5.41, 5.74) is 5.61. The number of rotatable bonds is 87. The van der Waals surface area contributed by atoms with Gasteiger partial charge < -0.3 is 76.1 Å². The number of hydrogen-bond donors (Lipinski definition) is 0. The van der Waals surface area contributed by atoms with Crippen molar-refractivity contribution in [2.24, 2.45) is 0 Å². The first-order chi connectivity index (χ1) is 63.8. The van der Waals surface area contributed by atoms with Crippen LogP contribution in [0.25, 0.3) is 0 Å². The number of nitrogens with zero attached hydrogens (tertiary/aromatic N) is 2. The number of unbranched alkanes of at least 4 members (excludes halogenated alkanes) is 40. The summed E-state index contributed by atoms with van der Waals surface area (Å²) in [6, 6.07) is 37.4. The van der Waals surface area contributed by atoms with Gasteiger partial charge in [0, 0.05) is 49.5 Å². The average molecular weight is 1810 g/mol. The zero-order valence-corrected chi connectivity index (χ0v) is 84.4. The Morgan fingerprint density at radius 2 is 0.292 bits per heavy atom. The van der Waals surface area contributed by atoms with Crippen LogP contribution in [-0.4, -0.2) is 116 Å². The zero-order chi connectivity index (χ0) is 92.6. The third-order valence-electron chi connectivity index (χ3n) is 23.8. The van der Waals surface area contributed by atoms with E-state index in [0.717, 1.165) is 182 Å². The average Bonchev–Trinajstić information content (AvgIpc) is 0.839. The number of hydrogen-bond acceptors (Lipinski definition) is 16. The predicted octanol–water partition coefficient (Wildman–Crippen LogP) is 31.5. The summed E-state index contributed by atoms with van der Waals surface area (Å²) in [6.07, 6.45) is 56.4. The molecule has 0 N–H and O–H groups in total. The van der Waals surface area contributed by atoms with Gasteiger partial charge >= 0.3 is 0 Å². The Bertz CT molecular complexity index is 3140.